The van der Waals surface area contributed by atoms with Crippen molar-refractivity contribution in [3.8, 4) is 28.9 Å². The van der Waals surface area contributed by atoms with Crippen LogP contribution in [0.1, 0.15) is 24.8 Å². The summed E-state index contributed by atoms with van der Waals surface area (Å²) in [6, 6.07) is 18.4. The second kappa shape index (κ2) is 9.24. The van der Waals surface area contributed by atoms with Crippen LogP contribution in [0.2, 0.25) is 0 Å². The summed E-state index contributed by atoms with van der Waals surface area (Å²) in [5.41, 5.74) is 3.24. The lowest BCUT2D eigenvalue weighted by Gasteiger charge is -2.11. The van der Waals surface area contributed by atoms with E-state index in [1.54, 1.807) is 18.9 Å². The molecule has 3 aromatic rings. The zero-order chi connectivity index (χ0) is 19.1. The fraction of sp³-hybridized carbons (Fsp3) is 0.286. The lowest BCUT2D eigenvalue weighted by Crippen LogP contribution is -2.00. The highest BCUT2D eigenvalue weighted by molar-refractivity contribution is 7.99. The molecule has 0 radical (unpaired) electrons. The summed E-state index contributed by atoms with van der Waals surface area (Å²) in [5, 5.41) is 18.4. The molecule has 27 heavy (non-hydrogen) atoms. The Kier molecular flexibility index (Phi) is 6.50. The van der Waals surface area contributed by atoms with Crippen LogP contribution < -0.4 is 4.74 Å². The third-order valence-electron chi connectivity index (χ3n) is 4.19. The molecule has 0 saturated heterocycles. The third kappa shape index (κ3) is 4.69. The van der Waals surface area contributed by atoms with Gasteiger partial charge in [0.05, 0.1) is 13.2 Å². The predicted octanol–water partition coefficient (Wildman–Crippen LogP) is 5.04. The Morgan fingerprint density at radius 2 is 1.78 bits per heavy atom. The minimum atomic E-state index is 0.600. The van der Waals surface area contributed by atoms with Gasteiger partial charge in [-0.3, -0.25) is 4.57 Å². The molecule has 1 aromatic heterocycles. The molecule has 0 fully saturated rings. The molecule has 0 spiro atoms. The zero-order valence-electron chi connectivity index (χ0n) is 15.6. The van der Waals surface area contributed by atoms with E-state index in [9.17, 15) is 0 Å². The Bertz CT molecular complexity index is 911. The molecular weight excluding hydrogens is 356 g/mol. The van der Waals surface area contributed by atoms with E-state index in [4.69, 9.17) is 10.00 Å². The number of hydrogen-bond acceptors (Lipinski definition) is 5. The summed E-state index contributed by atoms with van der Waals surface area (Å²) in [6.07, 6.45) is 2.49. The first-order chi connectivity index (χ1) is 13.2. The van der Waals surface area contributed by atoms with E-state index in [-0.39, 0.29) is 0 Å². The van der Waals surface area contributed by atoms with Crippen molar-refractivity contribution in [2.24, 2.45) is 0 Å². The molecule has 0 aliphatic carbocycles. The smallest absolute Gasteiger partial charge is 0.196 e. The average Bonchev–Trinajstić information content (AvgIpc) is 3.12. The molecule has 0 aliphatic heterocycles. The van der Waals surface area contributed by atoms with E-state index < -0.39 is 0 Å². The minimum Gasteiger partial charge on any atom is -0.497 e. The van der Waals surface area contributed by atoms with Gasteiger partial charge >= 0.3 is 0 Å². The summed E-state index contributed by atoms with van der Waals surface area (Å²) < 4.78 is 7.35. The Labute approximate surface area is 164 Å². The van der Waals surface area contributed by atoms with Crippen molar-refractivity contribution in [3.05, 3.63) is 54.1 Å². The van der Waals surface area contributed by atoms with Crippen LogP contribution >= 0.6 is 11.8 Å². The highest BCUT2D eigenvalue weighted by Gasteiger charge is 2.16. The molecule has 0 amide bonds. The molecule has 0 unspecified atom stereocenters. The number of methoxy groups -OCH3 is 1. The molecule has 1 heterocycles. The second-order valence-electron chi connectivity index (χ2n) is 6.17. The van der Waals surface area contributed by atoms with E-state index in [0.717, 1.165) is 46.6 Å². The fourth-order valence-electron chi connectivity index (χ4n) is 2.69. The van der Waals surface area contributed by atoms with Crippen LogP contribution in [-0.4, -0.2) is 27.6 Å². The molecule has 138 valence electrons. The monoisotopic (exact) mass is 378 g/mol. The predicted molar refractivity (Wildman–Crippen MR) is 108 cm³/mol. The number of unbranched alkanes of at least 4 members (excludes halogenated alkanes) is 2. The molecule has 6 heteroatoms. The van der Waals surface area contributed by atoms with Gasteiger partial charge in [0, 0.05) is 23.4 Å². The number of thioether (sulfide) groups is 1. The van der Waals surface area contributed by atoms with Gasteiger partial charge in [0.1, 0.15) is 5.75 Å². The lowest BCUT2D eigenvalue weighted by atomic mass is 10.2. The highest BCUT2D eigenvalue weighted by atomic mass is 32.2. The van der Waals surface area contributed by atoms with Gasteiger partial charge in [-0.15, -0.1) is 10.2 Å². The molecule has 5 nitrogen and oxygen atoms in total. The SMILES string of the molecule is COc1ccc(-c2nnc(SCCCCC#N)n2-c2ccc(C)cc2)cc1. The summed E-state index contributed by atoms with van der Waals surface area (Å²) in [5.74, 6) is 2.53. The molecule has 0 atom stereocenters. The van der Waals surface area contributed by atoms with Crippen LogP contribution in [-0.2, 0) is 0 Å². The molecule has 0 aliphatic rings. The van der Waals surface area contributed by atoms with Crippen molar-refractivity contribution in [2.75, 3.05) is 12.9 Å². The number of nitriles is 1. The van der Waals surface area contributed by atoms with Gasteiger partial charge in [0.2, 0.25) is 0 Å². The Morgan fingerprint density at radius 3 is 2.44 bits per heavy atom. The normalized spacial score (nSPS) is 10.6. The largest absolute Gasteiger partial charge is 0.497 e. The molecule has 0 saturated carbocycles. The van der Waals surface area contributed by atoms with E-state index >= 15 is 0 Å². The molecule has 0 bridgehead atoms. The number of benzene rings is 2. The van der Waals surface area contributed by atoms with E-state index in [0.29, 0.717) is 6.42 Å². The zero-order valence-corrected chi connectivity index (χ0v) is 16.4. The van der Waals surface area contributed by atoms with E-state index in [1.807, 2.05) is 24.3 Å². The summed E-state index contributed by atoms with van der Waals surface area (Å²) >= 11 is 1.67. The van der Waals surface area contributed by atoms with Gasteiger partial charge in [-0.05, 0) is 56.2 Å². The minimum absolute atomic E-state index is 0.600. The second-order valence-corrected chi connectivity index (χ2v) is 7.23. The Hall–Kier alpha value is -2.78. The topological polar surface area (TPSA) is 63.7 Å². The van der Waals surface area contributed by atoms with Crippen molar-refractivity contribution in [1.29, 1.82) is 5.26 Å². The Morgan fingerprint density at radius 1 is 1.04 bits per heavy atom. The van der Waals surface area contributed by atoms with Crippen LogP contribution in [0.15, 0.2) is 53.7 Å². The van der Waals surface area contributed by atoms with Gasteiger partial charge < -0.3 is 4.74 Å². The number of ether oxygens (including phenoxy) is 1. The van der Waals surface area contributed by atoms with Gasteiger partial charge in [0.15, 0.2) is 11.0 Å². The van der Waals surface area contributed by atoms with Gasteiger partial charge in [-0.1, -0.05) is 29.5 Å². The maximum absolute atomic E-state index is 8.67. The third-order valence-corrected chi connectivity index (χ3v) is 5.20. The average molecular weight is 379 g/mol. The Balaban J connectivity index is 1.92. The maximum atomic E-state index is 8.67. The summed E-state index contributed by atoms with van der Waals surface area (Å²) in [4.78, 5) is 0. The van der Waals surface area contributed by atoms with Gasteiger partial charge in [-0.2, -0.15) is 5.26 Å². The number of rotatable bonds is 8. The van der Waals surface area contributed by atoms with Crippen molar-refractivity contribution >= 4 is 11.8 Å². The summed E-state index contributed by atoms with van der Waals surface area (Å²) in [6.45, 7) is 2.07. The maximum Gasteiger partial charge on any atom is 0.196 e. The number of aryl methyl sites for hydroxylation is 1. The van der Waals surface area contributed by atoms with Crippen molar-refractivity contribution in [1.82, 2.24) is 14.8 Å². The standard InChI is InChI=1S/C21H22N4OS/c1-16-6-10-18(11-7-16)25-20(17-8-12-19(26-2)13-9-17)23-24-21(25)27-15-5-3-4-14-22/h6-13H,3-5,15H2,1-2H3. The number of hydrogen-bond donors (Lipinski definition) is 0. The fourth-order valence-corrected chi connectivity index (χ4v) is 3.64. The lowest BCUT2D eigenvalue weighted by molar-refractivity contribution is 0.415. The van der Waals surface area contributed by atoms with Crippen LogP contribution in [0.4, 0.5) is 0 Å². The first-order valence-electron chi connectivity index (χ1n) is 8.89. The van der Waals surface area contributed by atoms with Crippen LogP contribution in [0.5, 0.6) is 5.75 Å². The van der Waals surface area contributed by atoms with Crippen LogP contribution in [0.3, 0.4) is 0 Å². The van der Waals surface area contributed by atoms with Crippen molar-refractivity contribution < 1.29 is 4.74 Å². The molecular formula is C21H22N4OS. The van der Waals surface area contributed by atoms with E-state index in [1.165, 1.54) is 5.56 Å². The summed E-state index contributed by atoms with van der Waals surface area (Å²) in [7, 11) is 1.66. The molecule has 0 N–H and O–H groups in total. The first-order valence-corrected chi connectivity index (χ1v) is 9.88. The highest BCUT2D eigenvalue weighted by Crippen LogP contribution is 2.29. The number of nitrogens with zero attached hydrogens (tertiary/aromatic N) is 4. The number of aromatic nitrogens is 3. The quantitative estimate of drug-likeness (QED) is 0.406. The van der Waals surface area contributed by atoms with Crippen molar-refractivity contribution in [2.45, 2.75) is 31.3 Å². The van der Waals surface area contributed by atoms with Crippen LogP contribution in [0.25, 0.3) is 17.1 Å². The molecule has 3 rings (SSSR count). The first kappa shape index (κ1) is 19.0. The van der Waals surface area contributed by atoms with E-state index in [2.05, 4.69) is 52.0 Å². The molecule has 2 aromatic carbocycles. The van der Waals surface area contributed by atoms with Gasteiger partial charge in [0.25, 0.3) is 0 Å². The van der Waals surface area contributed by atoms with Crippen molar-refractivity contribution in [3.63, 3.8) is 0 Å². The van der Waals surface area contributed by atoms with Crippen LogP contribution in [0, 0.1) is 18.3 Å². The van der Waals surface area contributed by atoms with Gasteiger partial charge in [-0.25, -0.2) is 0 Å².